The number of hydrogen-bond acceptors (Lipinski definition) is 5. The van der Waals surface area contributed by atoms with Gasteiger partial charge in [-0.05, 0) is 37.1 Å². The number of rotatable bonds is 5. The van der Waals surface area contributed by atoms with E-state index in [4.69, 9.17) is 4.42 Å². The number of oxazole rings is 1. The smallest absolute Gasteiger partial charge is 0.234 e. The summed E-state index contributed by atoms with van der Waals surface area (Å²) in [5.74, 6) is -0.522. The normalized spacial score (nSPS) is 14.4. The van der Waals surface area contributed by atoms with Crippen molar-refractivity contribution in [1.82, 2.24) is 4.98 Å². The van der Waals surface area contributed by atoms with Crippen LogP contribution in [-0.2, 0) is 9.84 Å². The van der Waals surface area contributed by atoms with Gasteiger partial charge in [0.2, 0.25) is 26.6 Å². The standard InChI is InChI=1S/C18H15FN2O3S/c19-15-9-5-4-8-14(15)16-21-18(17(24-16)20-12-10-11-12)25(22,23)13-6-2-1-3-7-13/h1-9,12,20H,10-11H2. The van der Waals surface area contributed by atoms with E-state index in [0.29, 0.717) is 0 Å². The van der Waals surface area contributed by atoms with E-state index in [2.05, 4.69) is 10.3 Å². The molecule has 1 saturated carbocycles. The molecule has 1 N–H and O–H groups in total. The van der Waals surface area contributed by atoms with Crippen molar-refractivity contribution < 1.29 is 17.2 Å². The second-order valence-corrected chi connectivity index (χ2v) is 7.73. The zero-order valence-corrected chi connectivity index (χ0v) is 14.0. The summed E-state index contributed by atoms with van der Waals surface area (Å²) in [6.45, 7) is 0. The number of sulfone groups is 1. The van der Waals surface area contributed by atoms with E-state index in [-0.39, 0.29) is 33.3 Å². The number of hydrogen-bond donors (Lipinski definition) is 1. The molecule has 3 aromatic rings. The summed E-state index contributed by atoms with van der Waals surface area (Å²) in [5.41, 5.74) is 0.121. The van der Waals surface area contributed by atoms with E-state index in [1.54, 1.807) is 30.3 Å². The van der Waals surface area contributed by atoms with Crippen LogP contribution in [0.3, 0.4) is 0 Å². The quantitative estimate of drug-likeness (QED) is 0.749. The molecule has 0 bridgehead atoms. The van der Waals surface area contributed by atoms with Crippen LogP contribution in [0.1, 0.15) is 12.8 Å². The average molecular weight is 358 g/mol. The molecule has 1 aliphatic rings. The molecule has 7 heteroatoms. The first kappa shape index (κ1) is 15.8. The minimum atomic E-state index is -3.88. The van der Waals surface area contributed by atoms with Crippen molar-refractivity contribution >= 4 is 15.7 Å². The fourth-order valence-corrected chi connectivity index (χ4v) is 3.74. The first-order chi connectivity index (χ1) is 12.1. The highest BCUT2D eigenvalue weighted by molar-refractivity contribution is 7.91. The van der Waals surface area contributed by atoms with Crippen molar-refractivity contribution in [3.8, 4) is 11.5 Å². The van der Waals surface area contributed by atoms with Crippen LogP contribution in [0.2, 0.25) is 0 Å². The van der Waals surface area contributed by atoms with Gasteiger partial charge in [-0.2, -0.15) is 4.98 Å². The summed E-state index contributed by atoms with van der Waals surface area (Å²) < 4.78 is 45.5. The summed E-state index contributed by atoms with van der Waals surface area (Å²) in [6.07, 6.45) is 1.86. The molecule has 0 radical (unpaired) electrons. The lowest BCUT2D eigenvalue weighted by molar-refractivity contribution is 0.567. The molecule has 0 saturated heterocycles. The summed E-state index contributed by atoms with van der Waals surface area (Å²) >= 11 is 0. The van der Waals surface area contributed by atoms with Crippen molar-refractivity contribution in [2.24, 2.45) is 0 Å². The lowest BCUT2D eigenvalue weighted by Gasteiger charge is -2.04. The summed E-state index contributed by atoms with van der Waals surface area (Å²) in [6, 6.07) is 14.1. The molecule has 0 atom stereocenters. The van der Waals surface area contributed by atoms with Crippen molar-refractivity contribution in [2.45, 2.75) is 28.8 Å². The van der Waals surface area contributed by atoms with Crippen molar-refractivity contribution in [1.29, 1.82) is 0 Å². The van der Waals surface area contributed by atoms with Gasteiger partial charge in [0.05, 0.1) is 10.5 Å². The zero-order chi connectivity index (χ0) is 17.4. The van der Waals surface area contributed by atoms with Crippen LogP contribution in [-0.4, -0.2) is 19.4 Å². The van der Waals surface area contributed by atoms with E-state index in [1.165, 1.54) is 24.3 Å². The highest BCUT2D eigenvalue weighted by Crippen LogP contribution is 2.35. The molecule has 1 heterocycles. The van der Waals surface area contributed by atoms with E-state index in [9.17, 15) is 12.8 Å². The third-order valence-electron chi connectivity index (χ3n) is 3.92. The molecule has 0 aliphatic heterocycles. The molecule has 1 fully saturated rings. The Morgan fingerprint density at radius 3 is 2.40 bits per heavy atom. The summed E-state index contributed by atoms with van der Waals surface area (Å²) in [4.78, 5) is 4.23. The molecule has 0 spiro atoms. The maximum atomic E-state index is 14.0. The predicted octanol–water partition coefficient (Wildman–Crippen LogP) is 3.89. The van der Waals surface area contributed by atoms with Crippen LogP contribution in [0.5, 0.6) is 0 Å². The first-order valence-electron chi connectivity index (χ1n) is 7.88. The molecular formula is C18H15FN2O3S. The Kier molecular flexibility index (Phi) is 3.80. The van der Waals surface area contributed by atoms with E-state index >= 15 is 0 Å². The Morgan fingerprint density at radius 2 is 1.72 bits per heavy atom. The van der Waals surface area contributed by atoms with Gasteiger partial charge >= 0.3 is 0 Å². The fraction of sp³-hybridized carbons (Fsp3) is 0.167. The molecule has 25 heavy (non-hydrogen) atoms. The minimum absolute atomic E-state index is 0.0595. The SMILES string of the molecule is O=S(=O)(c1ccccc1)c1nc(-c2ccccc2F)oc1NC1CC1. The number of halogens is 1. The number of anilines is 1. The second-order valence-electron chi connectivity index (χ2n) is 5.87. The molecular weight excluding hydrogens is 343 g/mol. The van der Waals surface area contributed by atoms with Gasteiger partial charge in [0.25, 0.3) is 0 Å². The number of aromatic nitrogens is 1. The van der Waals surface area contributed by atoms with Crippen molar-refractivity contribution in [3.63, 3.8) is 0 Å². The zero-order valence-electron chi connectivity index (χ0n) is 13.1. The van der Waals surface area contributed by atoms with Crippen LogP contribution < -0.4 is 5.32 Å². The van der Waals surface area contributed by atoms with E-state index < -0.39 is 15.7 Å². The Hall–Kier alpha value is -2.67. The third-order valence-corrected chi connectivity index (χ3v) is 5.60. The predicted molar refractivity (Wildman–Crippen MR) is 90.4 cm³/mol. The first-order valence-corrected chi connectivity index (χ1v) is 9.36. The van der Waals surface area contributed by atoms with Crippen molar-refractivity contribution in [3.05, 3.63) is 60.4 Å². The van der Waals surface area contributed by atoms with Crippen LogP contribution in [0.4, 0.5) is 10.3 Å². The Morgan fingerprint density at radius 1 is 1.04 bits per heavy atom. The van der Waals surface area contributed by atoms with Crippen LogP contribution in [0.25, 0.3) is 11.5 Å². The maximum Gasteiger partial charge on any atom is 0.234 e. The lowest BCUT2D eigenvalue weighted by atomic mass is 10.2. The molecule has 0 amide bonds. The number of nitrogens with zero attached hydrogens (tertiary/aromatic N) is 1. The highest BCUT2D eigenvalue weighted by atomic mass is 32.2. The van der Waals surface area contributed by atoms with E-state index in [1.807, 2.05) is 0 Å². The van der Waals surface area contributed by atoms with Gasteiger partial charge in [0.1, 0.15) is 5.82 Å². The summed E-state index contributed by atoms with van der Waals surface area (Å²) in [7, 11) is -3.88. The Bertz CT molecular complexity index is 1010. The van der Waals surface area contributed by atoms with Gasteiger partial charge in [-0.15, -0.1) is 0 Å². The van der Waals surface area contributed by atoms with Crippen LogP contribution in [0, 0.1) is 5.82 Å². The highest BCUT2D eigenvalue weighted by Gasteiger charge is 2.32. The molecule has 1 aromatic heterocycles. The van der Waals surface area contributed by atoms with Gasteiger partial charge in [0, 0.05) is 6.04 Å². The minimum Gasteiger partial charge on any atom is -0.419 e. The van der Waals surface area contributed by atoms with Crippen LogP contribution in [0.15, 0.2) is 68.9 Å². The third kappa shape index (κ3) is 3.02. The summed E-state index contributed by atoms with van der Waals surface area (Å²) in [5, 5.41) is 2.82. The Labute approximate surface area is 144 Å². The molecule has 4 rings (SSSR count). The second kappa shape index (κ2) is 6.00. The maximum absolute atomic E-state index is 14.0. The lowest BCUT2D eigenvalue weighted by Crippen LogP contribution is -2.08. The molecule has 0 unspecified atom stereocenters. The molecule has 128 valence electrons. The van der Waals surface area contributed by atoms with Gasteiger partial charge in [-0.25, -0.2) is 12.8 Å². The largest absolute Gasteiger partial charge is 0.419 e. The number of nitrogens with one attached hydrogen (secondary N) is 1. The fourth-order valence-electron chi connectivity index (χ4n) is 2.45. The van der Waals surface area contributed by atoms with Gasteiger partial charge in [-0.3, -0.25) is 0 Å². The topological polar surface area (TPSA) is 72.2 Å². The van der Waals surface area contributed by atoms with Gasteiger partial charge < -0.3 is 9.73 Å². The van der Waals surface area contributed by atoms with Crippen LogP contribution >= 0.6 is 0 Å². The molecule has 1 aliphatic carbocycles. The Balaban J connectivity index is 1.85. The van der Waals surface area contributed by atoms with Crippen molar-refractivity contribution in [2.75, 3.05) is 5.32 Å². The average Bonchev–Trinajstić information content (AvgIpc) is 3.33. The van der Waals surface area contributed by atoms with Gasteiger partial charge in [0.15, 0.2) is 0 Å². The number of benzene rings is 2. The molecule has 2 aromatic carbocycles. The monoisotopic (exact) mass is 358 g/mol. The molecule has 5 nitrogen and oxygen atoms in total. The van der Waals surface area contributed by atoms with E-state index in [0.717, 1.165) is 12.8 Å². The van der Waals surface area contributed by atoms with Gasteiger partial charge in [-0.1, -0.05) is 30.3 Å².